The predicted octanol–water partition coefficient (Wildman–Crippen LogP) is 2.88. The molecule has 3 rings (SSSR count). The topological polar surface area (TPSA) is 25.2 Å². The third kappa shape index (κ3) is 1.71. The van der Waals surface area contributed by atoms with Crippen molar-refractivity contribution < 1.29 is 4.79 Å². The number of aryl methyl sites for hydroxylation is 1. The first kappa shape index (κ1) is 11.4. The van der Waals surface area contributed by atoms with Gasteiger partial charge in [0.15, 0.2) is 0 Å². The monoisotopic (exact) mass is 260 g/mol. The van der Waals surface area contributed by atoms with E-state index in [-0.39, 0.29) is 5.91 Å². The number of anilines is 1. The van der Waals surface area contributed by atoms with Gasteiger partial charge in [0.05, 0.1) is 0 Å². The van der Waals surface area contributed by atoms with Crippen LogP contribution >= 0.6 is 11.6 Å². The summed E-state index contributed by atoms with van der Waals surface area (Å²) in [5, 5.41) is 0.724. The molecule has 2 aromatic rings. The van der Waals surface area contributed by atoms with Gasteiger partial charge in [-0.1, -0.05) is 11.6 Å². The lowest BCUT2D eigenvalue weighted by Crippen LogP contribution is -2.30. The molecule has 0 fully saturated rings. The summed E-state index contributed by atoms with van der Waals surface area (Å²) < 4.78 is 1.84. The number of rotatable bonds is 1. The van der Waals surface area contributed by atoms with Crippen LogP contribution in [-0.4, -0.2) is 17.0 Å². The standard InChI is InChI=1S/C14H13ClN2O/c1-16-7-2-3-13(16)14(18)17-8-6-10-9-11(15)4-5-12(10)17/h2-5,7,9H,6,8H2,1H3. The lowest BCUT2D eigenvalue weighted by Gasteiger charge is -2.17. The van der Waals surface area contributed by atoms with E-state index in [9.17, 15) is 4.79 Å². The summed E-state index contributed by atoms with van der Waals surface area (Å²) in [6, 6.07) is 9.42. The first-order chi connectivity index (χ1) is 8.66. The zero-order chi connectivity index (χ0) is 12.7. The summed E-state index contributed by atoms with van der Waals surface area (Å²) in [6.07, 6.45) is 2.75. The van der Waals surface area contributed by atoms with Gasteiger partial charge in [-0.2, -0.15) is 0 Å². The Kier molecular flexibility index (Phi) is 2.63. The Morgan fingerprint density at radius 3 is 2.89 bits per heavy atom. The second kappa shape index (κ2) is 4.18. The normalized spacial score (nSPS) is 13.8. The van der Waals surface area contributed by atoms with Crippen LogP contribution in [0.1, 0.15) is 16.1 Å². The molecule has 1 aliphatic heterocycles. The zero-order valence-corrected chi connectivity index (χ0v) is 10.8. The van der Waals surface area contributed by atoms with Crippen LogP contribution in [0.15, 0.2) is 36.5 Å². The van der Waals surface area contributed by atoms with Gasteiger partial charge in [0.1, 0.15) is 5.69 Å². The average Bonchev–Trinajstić information content (AvgIpc) is 2.94. The maximum atomic E-state index is 12.4. The van der Waals surface area contributed by atoms with Gasteiger partial charge in [0.25, 0.3) is 5.91 Å². The maximum Gasteiger partial charge on any atom is 0.274 e. The van der Waals surface area contributed by atoms with Gasteiger partial charge in [-0.15, -0.1) is 0 Å². The number of nitrogens with zero attached hydrogens (tertiary/aromatic N) is 2. The van der Waals surface area contributed by atoms with E-state index in [2.05, 4.69) is 0 Å². The van der Waals surface area contributed by atoms with Crippen molar-refractivity contribution in [2.75, 3.05) is 11.4 Å². The zero-order valence-electron chi connectivity index (χ0n) is 10.1. The highest BCUT2D eigenvalue weighted by atomic mass is 35.5. The van der Waals surface area contributed by atoms with E-state index in [4.69, 9.17) is 11.6 Å². The van der Waals surface area contributed by atoms with Crippen molar-refractivity contribution in [1.82, 2.24) is 4.57 Å². The Labute approximate surface area is 111 Å². The van der Waals surface area contributed by atoms with Crippen LogP contribution in [0.4, 0.5) is 5.69 Å². The molecule has 1 aromatic heterocycles. The van der Waals surface area contributed by atoms with E-state index in [0.29, 0.717) is 5.69 Å². The van der Waals surface area contributed by atoms with E-state index in [1.54, 1.807) is 0 Å². The lowest BCUT2D eigenvalue weighted by molar-refractivity contribution is 0.0981. The summed E-state index contributed by atoms with van der Waals surface area (Å²) in [5.41, 5.74) is 2.83. The van der Waals surface area contributed by atoms with Crippen LogP contribution in [-0.2, 0) is 13.5 Å². The first-order valence-electron chi connectivity index (χ1n) is 5.88. The molecule has 1 amide bonds. The van der Waals surface area contributed by atoms with Crippen molar-refractivity contribution in [1.29, 1.82) is 0 Å². The maximum absolute atomic E-state index is 12.4. The van der Waals surface area contributed by atoms with Gasteiger partial charge in [-0.25, -0.2) is 0 Å². The third-order valence-electron chi connectivity index (χ3n) is 3.35. The number of hydrogen-bond acceptors (Lipinski definition) is 1. The molecule has 0 radical (unpaired) electrons. The molecule has 0 N–H and O–H groups in total. The molecule has 92 valence electrons. The Morgan fingerprint density at radius 1 is 1.33 bits per heavy atom. The second-order valence-electron chi connectivity index (χ2n) is 4.48. The number of amides is 1. The van der Waals surface area contributed by atoms with Crippen LogP contribution in [0.5, 0.6) is 0 Å². The minimum absolute atomic E-state index is 0.0450. The summed E-state index contributed by atoms with van der Waals surface area (Å²) in [6.45, 7) is 0.722. The van der Waals surface area contributed by atoms with Crippen LogP contribution in [0, 0.1) is 0 Å². The Balaban J connectivity index is 1.98. The number of hydrogen-bond donors (Lipinski definition) is 0. The molecule has 0 saturated heterocycles. The van der Waals surface area contributed by atoms with Crippen LogP contribution in [0.2, 0.25) is 5.02 Å². The van der Waals surface area contributed by atoms with E-state index >= 15 is 0 Å². The fourth-order valence-electron chi connectivity index (χ4n) is 2.40. The van der Waals surface area contributed by atoms with E-state index in [1.807, 2.05) is 53.0 Å². The summed E-state index contributed by atoms with van der Waals surface area (Å²) in [5.74, 6) is 0.0450. The molecule has 3 nitrogen and oxygen atoms in total. The quantitative estimate of drug-likeness (QED) is 0.774. The van der Waals surface area contributed by atoms with Gasteiger partial charge in [0, 0.05) is 30.5 Å². The van der Waals surface area contributed by atoms with Crippen LogP contribution in [0.25, 0.3) is 0 Å². The predicted molar refractivity (Wildman–Crippen MR) is 72.2 cm³/mol. The van der Waals surface area contributed by atoms with Crippen molar-refractivity contribution in [2.24, 2.45) is 7.05 Å². The summed E-state index contributed by atoms with van der Waals surface area (Å²) >= 11 is 5.97. The fraction of sp³-hybridized carbons (Fsp3) is 0.214. The highest BCUT2D eigenvalue weighted by Gasteiger charge is 2.26. The molecule has 4 heteroatoms. The lowest BCUT2D eigenvalue weighted by atomic mass is 10.2. The average molecular weight is 261 g/mol. The Hall–Kier alpha value is -1.74. The van der Waals surface area contributed by atoms with Crippen molar-refractivity contribution in [3.05, 3.63) is 52.8 Å². The van der Waals surface area contributed by atoms with Crippen molar-refractivity contribution in [2.45, 2.75) is 6.42 Å². The Morgan fingerprint density at radius 2 is 2.17 bits per heavy atom. The molecule has 0 bridgehead atoms. The molecular formula is C14H13ClN2O. The van der Waals surface area contributed by atoms with Crippen LogP contribution in [0.3, 0.4) is 0 Å². The summed E-state index contributed by atoms with van der Waals surface area (Å²) in [7, 11) is 1.88. The van der Waals surface area contributed by atoms with E-state index < -0.39 is 0 Å². The van der Waals surface area contributed by atoms with Gasteiger partial charge >= 0.3 is 0 Å². The van der Waals surface area contributed by atoms with E-state index in [1.165, 1.54) is 0 Å². The van der Waals surface area contributed by atoms with Gasteiger partial charge in [0.2, 0.25) is 0 Å². The molecule has 1 aromatic carbocycles. The van der Waals surface area contributed by atoms with Gasteiger partial charge < -0.3 is 9.47 Å². The van der Waals surface area contributed by atoms with E-state index in [0.717, 1.165) is 29.2 Å². The van der Waals surface area contributed by atoms with Gasteiger partial charge in [-0.05, 0) is 42.3 Å². The largest absolute Gasteiger partial charge is 0.347 e. The molecule has 0 spiro atoms. The molecule has 1 aliphatic rings. The SMILES string of the molecule is Cn1cccc1C(=O)N1CCc2cc(Cl)ccc21. The Bertz CT molecular complexity index is 618. The van der Waals surface area contributed by atoms with Crippen molar-refractivity contribution >= 4 is 23.2 Å². The molecule has 2 heterocycles. The molecule has 0 saturated carbocycles. The summed E-state index contributed by atoms with van der Waals surface area (Å²) in [4.78, 5) is 14.3. The second-order valence-corrected chi connectivity index (χ2v) is 4.92. The number of benzene rings is 1. The van der Waals surface area contributed by atoms with Crippen molar-refractivity contribution in [3.63, 3.8) is 0 Å². The fourth-order valence-corrected chi connectivity index (χ4v) is 2.60. The van der Waals surface area contributed by atoms with Crippen LogP contribution < -0.4 is 4.90 Å². The molecule has 0 atom stereocenters. The minimum atomic E-state index is 0.0450. The highest BCUT2D eigenvalue weighted by molar-refractivity contribution is 6.30. The van der Waals surface area contributed by atoms with Crippen molar-refractivity contribution in [3.8, 4) is 0 Å². The molecule has 0 aliphatic carbocycles. The smallest absolute Gasteiger partial charge is 0.274 e. The number of fused-ring (bicyclic) bond motifs is 1. The number of aromatic nitrogens is 1. The molecular weight excluding hydrogens is 248 g/mol. The highest BCUT2D eigenvalue weighted by Crippen LogP contribution is 2.31. The minimum Gasteiger partial charge on any atom is -0.347 e. The number of carbonyl (C=O) groups is 1. The first-order valence-corrected chi connectivity index (χ1v) is 6.26. The third-order valence-corrected chi connectivity index (χ3v) is 3.58. The number of halogens is 1. The number of carbonyl (C=O) groups excluding carboxylic acids is 1. The molecule has 0 unspecified atom stereocenters. The molecule has 18 heavy (non-hydrogen) atoms. The van der Waals surface area contributed by atoms with Gasteiger partial charge in [-0.3, -0.25) is 4.79 Å².